The van der Waals surface area contributed by atoms with Gasteiger partial charge in [0.25, 0.3) is 5.91 Å². The molecule has 1 aliphatic rings. The van der Waals surface area contributed by atoms with Crippen LogP contribution in [0.1, 0.15) is 35.6 Å². The molecule has 0 aliphatic carbocycles. The van der Waals surface area contributed by atoms with Crippen LogP contribution in [0, 0.1) is 6.92 Å². The molecule has 1 saturated heterocycles. The molecule has 2 aromatic heterocycles. The highest BCUT2D eigenvalue weighted by molar-refractivity contribution is 6.04. The number of nitrogens with zero attached hydrogens (tertiary/aromatic N) is 4. The lowest BCUT2D eigenvalue weighted by Gasteiger charge is -2.35. The first kappa shape index (κ1) is 20.3. The molecule has 2 unspecified atom stereocenters. The molecule has 156 valence electrons. The number of carbonyl (C=O) groups is 1. The Kier molecular flexibility index (Phi) is 5.92. The Hall–Kier alpha value is -3.03. The summed E-state index contributed by atoms with van der Waals surface area (Å²) in [6, 6.07) is 11.5. The zero-order chi connectivity index (χ0) is 21.1. The van der Waals surface area contributed by atoms with E-state index in [1.54, 1.807) is 12.4 Å². The van der Waals surface area contributed by atoms with Gasteiger partial charge in [0, 0.05) is 37.6 Å². The lowest BCUT2D eigenvalue weighted by molar-refractivity contribution is -0.0704. The van der Waals surface area contributed by atoms with Crippen LogP contribution in [0.3, 0.4) is 0 Å². The van der Waals surface area contributed by atoms with E-state index in [-0.39, 0.29) is 18.1 Å². The number of benzene rings is 1. The lowest BCUT2D eigenvalue weighted by atomic mass is 10.1. The van der Waals surface area contributed by atoms with Gasteiger partial charge in [-0.1, -0.05) is 12.1 Å². The summed E-state index contributed by atoms with van der Waals surface area (Å²) in [7, 11) is 0. The maximum atomic E-state index is 12.6. The van der Waals surface area contributed by atoms with Gasteiger partial charge in [-0.3, -0.25) is 14.3 Å². The van der Waals surface area contributed by atoms with E-state index < -0.39 is 0 Å². The summed E-state index contributed by atoms with van der Waals surface area (Å²) in [6.07, 6.45) is 5.74. The Morgan fingerprint density at radius 1 is 1.10 bits per heavy atom. The molecular formula is C23H27N5O2. The normalized spacial score (nSPS) is 19.6. The molecule has 0 saturated carbocycles. The molecule has 0 bridgehead atoms. The quantitative estimate of drug-likeness (QED) is 0.704. The molecule has 3 heterocycles. The summed E-state index contributed by atoms with van der Waals surface area (Å²) in [5, 5.41) is 2.90. The number of anilines is 1. The predicted octanol–water partition coefficient (Wildman–Crippen LogP) is 3.44. The van der Waals surface area contributed by atoms with Crippen LogP contribution < -0.4 is 5.32 Å². The predicted molar refractivity (Wildman–Crippen MR) is 116 cm³/mol. The third kappa shape index (κ3) is 4.75. The number of amides is 1. The number of hydrogen-bond donors (Lipinski definition) is 1. The number of ether oxygens (including phenoxy) is 1. The highest BCUT2D eigenvalue weighted by Gasteiger charge is 2.22. The van der Waals surface area contributed by atoms with Crippen LogP contribution in [0.4, 0.5) is 5.69 Å². The van der Waals surface area contributed by atoms with Crippen molar-refractivity contribution in [1.29, 1.82) is 0 Å². The van der Waals surface area contributed by atoms with Crippen LogP contribution in [-0.2, 0) is 11.3 Å². The number of nitrogens with one attached hydrogen (secondary N) is 1. The van der Waals surface area contributed by atoms with Gasteiger partial charge in [0.05, 0.1) is 24.1 Å². The van der Waals surface area contributed by atoms with E-state index >= 15 is 0 Å². The van der Waals surface area contributed by atoms with Crippen molar-refractivity contribution >= 4 is 11.6 Å². The topological polar surface area (TPSA) is 72.3 Å². The minimum absolute atomic E-state index is 0.150. The summed E-state index contributed by atoms with van der Waals surface area (Å²) >= 11 is 0. The molecule has 1 aliphatic heterocycles. The van der Waals surface area contributed by atoms with E-state index in [9.17, 15) is 4.79 Å². The molecule has 1 N–H and O–H groups in total. The first-order valence-electron chi connectivity index (χ1n) is 10.2. The van der Waals surface area contributed by atoms with Gasteiger partial charge in [-0.2, -0.15) is 0 Å². The number of carbonyl (C=O) groups excluding carboxylic acids is 1. The maximum absolute atomic E-state index is 12.6. The third-order valence-corrected chi connectivity index (χ3v) is 5.20. The van der Waals surface area contributed by atoms with Gasteiger partial charge in [-0.15, -0.1) is 0 Å². The van der Waals surface area contributed by atoms with Crippen molar-refractivity contribution < 1.29 is 9.53 Å². The van der Waals surface area contributed by atoms with E-state index in [1.165, 1.54) is 5.56 Å². The van der Waals surface area contributed by atoms with E-state index in [0.29, 0.717) is 11.3 Å². The first-order valence-corrected chi connectivity index (χ1v) is 10.2. The molecule has 30 heavy (non-hydrogen) atoms. The van der Waals surface area contributed by atoms with Crippen molar-refractivity contribution in [2.75, 3.05) is 18.4 Å². The molecule has 1 amide bonds. The largest absolute Gasteiger partial charge is 0.373 e. The second-order valence-corrected chi connectivity index (χ2v) is 7.85. The second kappa shape index (κ2) is 8.77. The molecule has 7 heteroatoms. The van der Waals surface area contributed by atoms with Crippen LogP contribution in [0.15, 0.2) is 55.0 Å². The Bertz CT molecular complexity index is 987. The molecule has 3 aromatic rings. The standard InChI is InChI=1S/C23H27N5O2/c1-16-13-27(14-17(2)30-16)15-19-4-6-20(7-5-19)23(29)26-21-8-9-22(25-12-21)28-11-10-24-18(28)3/h4-12,16-17H,13-15H2,1-3H3,(H,26,29). The fourth-order valence-corrected chi connectivity index (χ4v) is 3.86. The molecule has 1 aromatic carbocycles. The molecular weight excluding hydrogens is 378 g/mol. The SMILES string of the molecule is Cc1nccn1-c1ccc(NC(=O)c2ccc(CN3CC(C)OC(C)C3)cc2)cn1. The van der Waals surface area contributed by atoms with E-state index in [1.807, 2.05) is 54.1 Å². The van der Waals surface area contributed by atoms with Crippen molar-refractivity contribution in [2.24, 2.45) is 0 Å². The lowest BCUT2D eigenvalue weighted by Crippen LogP contribution is -2.44. The van der Waals surface area contributed by atoms with Crippen molar-refractivity contribution in [3.8, 4) is 5.82 Å². The van der Waals surface area contributed by atoms with Gasteiger partial charge in [-0.05, 0) is 50.6 Å². The smallest absolute Gasteiger partial charge is 0.255 e. The summed E-state index contributed by atoms with van der Waals surface area (Å²) in [5.41, 5.74) is 2.47. The fraction of sp³-hybridized carbons (Fsp3) is 0.348. The Labute approximate surface area is 176 Å². The van der Waals surface area contributed by atoms with Gasteiger partial charge in [0.15, 0.2) is 0 Å². The van der Waals surface area contributed by atoms with Gasteiger partial charge in [0.2, 0.25) is 0 Å². The number of morpholine rings is 1. The average molecular weight is 406 g/mol. The van der Waals surface area contributed by atoms with Crippen LogP contribution in [-0.4, -0.2) is 50.6 Å². The van der Waals surface area contributed by atoms with Crippen molar-refractivity contribution in [3.05, 3.63) is 71.9 Å². The molecule has 0 radical (unpaired) electrons. The minimum Gasteiger partial charge on any atom is -0.373 e. The van der Waals surface area contributed by atoms with Gasteiger partial charge >= 0.3 is 0 Å². The van der Waals surface area contributed by atoms with Gasteiger partial charge in [0.1, 0.15) is 11.6 Å². The van der Waals surface area contributed by atoms with Gasteiger partial charge < -0.3 is 10.1 Å². The number of imidazole rings is 1. The summed E-state index contributed by atoms with van der Waals surface area (Å²) in [5.74, 6) is 1.47. The summed E-state index contributed by atoms with van der Waals surface area (Å²) < 4.78 is 7.68. The maximum Gasteiger partial charge on any atom is 0.255 e. The van der Waals surface area contributed by atoms with E-state index in [2.05, 4.69) is 34.0 Å². The molecule has 4 rings (SSSR count). The van der Waals surface area contributed by atoms with Crippen LogP contribution >= 0.6 is 0 Å². The zero-order valence-corrected chi connectivity index (χ0v) is 17.6. The second-order valence-electron chi connectivity index (χ2n) is 7.85. The number of rotatable bonds is 5. The van der Waals surface area contributed by atoms with Crippen LogP contribution in [0.5, 0.6) is 0 Å². The molecule has 0 spiro atoms. The van der Waals surface area contributed by atoms with E-state index in [4.69, 9.17) is 4.74 Å². The Morgan fingerprint density at radius 2 is 1.83 bits per heavy atom. The van der Waals surface area contributed by atoms with Crippen molar-refractivity contribution in [3.63, 3.8) is 0 Å². The Morgan fingerprint density at radius 3 is 2.43 bits per heavy atom. The Balaban J connectivity index is 1.36. The number of aromatic nitrogens is 3. The monoisotopic (exact) mass is 405 g/mol. The van der Waals surface area contributed by atoms with Crippen LogP contribution in [0.25, 0.3) is 5.82 Å². The fourth-order valence-electron chi connectivity index (χ4n) is 3.86. The number of aryl methyl sites for hydroxylation is 1. The first-order chi connectivity index (χ1) is 14.5. The average Bonchev–Trinajstić information content (AvgIpc) is 3.14. The van der Waals surface area contributed by atoms with Crippen molar-refractivity contribution in [2.45, 2.75) is 39.5 Å². The molecule has 7 nitrogen and oxygen atoms in total. The number of pyridine rings is 1. The highest BCUT2D eigenvalue weighted by atomic mass is 16.5. The molecule has 2 atom stereocenters. The molecule has 1 fully saturated rings. The summed E-state index contributed by atoms with van der Waals surface area (Å²) in [4.78, 5) is 23.6. The van der Waals surface area contributed by atoms with Gasteiger partial charge in [-0.25, -0.2) is 9.97 Å². The van der Waals surface area contributed by atoms with Crippen molar-refractivity contribution in [1.82, 2.24) is 19.4 Å². The minimum atomic E-state index is -0.150. The van der Waals surface area contributed by atoms with Crippen LogP contribution in [0.2, 0.25) is 0 Å². The third-order valence-electron chi connectivity index (χ3n) is 5.20. The highest BCUT2D eigenvalue weighted by Crippen LogP contribution is 2.16. The zero-order valence-electron chi connectivity index (χ0n) is 17.6. The number of hydrogen-bond acceptors (Lipinski definition) is 5. The summed E-state index contributed by atoms with van der Waals surface area (Å²) in [6.45, 7) is 8.84. The van der Waals surface area contributed by atoms with E-state index in [0.717, 1.165) is 31.3 Å².